The Hall–Kier alpha value is -4.94. The minimum absolute atomic E-state index is 1.22. The van der Waals surface area contributed by atoms with Gasteiger partial charge in [0.05, 0.1) is 0 Å². The van der Waals surface area contributed by atoms with Crippen LogP contribution in [0.4, 0.5) is 0 Å². The number of rotatable bonds is 6. The number of benzene rings is 6. The average molecular weight is 513 g/mol. The molecule has 192 valence electrons. The summed E-state index contributed by atoms with van der Waals surface area (Å²) >= 11 is 0. The van der Waals surface area contributed by atoms with Crippen LogP contribution >= 0.6 is 0 Å². The van der Waals surface area contributed by atoms with Gasteiger partial charge in [-0.2, -0.15) is 0 Å². The maximum Gasteiger partial charge on any atom is -0.00762 e. The molecule has 6 rings (SSSR count). The Labute approximate surface area is 237 Å². The Morgan fingerprint density at radius 2 is 0.625 bits per heavy atom. The van der Waals surface area contributed by atoms with Gasteiger partial charge in [-0.15, -0.1) is 0 Å². The van der Waals surface area contributed by atoms with E-state index in [1.807, 2.05) is 0 Å². The summed E-state index contributed by atoms with van der Waals surface area (Å²) in [4.78, 5) is 0. The van der Waals surface area contributed by atoms with Crippen LogP contribution in [0.2, 0.25) is 0 Å². The summed E-state index contributed by atoms with van der Waals surface area (Å²) in [6.45, 7) is 4.34. The van der Waals surface area contributed by atoms with Gasteiger partial charge in [-0.05, 0) is 75.1 Å². The number of aryl methyl sites for hydroxylation is 1. The third-order valence-electron chi connectivity index (χ3n) is 7.64. The van der Waals surface area contributed by atoms with Gasteiger partial charge in [-0.25, -0.2) is 0 Å². The highest BCUT2D eigenvalue weighted by Crippen LogP contribution is 2.34. The van der Waals surface area contributed by atoms with Crippen LogP contribution in [0.3, 0.4) is 0 Å². The van der Waals surface area contributed by atoms with Gasteiger partial charge in [0.2, 0.25) is 0 Å². The largest absolute Gasteiger partial charge is 0.0622 e. The molecular formula is C40H32. The van der Waals surface area contributed by atoms with Gasteiger partial charge in [-0.1, -0.05) is 163 Å². The highest BCUT2D eigenvalue weighted by atomic mass is 14.2. The number of hydrogen-bond donors (Lipinski definition) is 0. The first-order chi connectivity index (χ1) is 19.7. The van der Waals surface area contributed by atoms with Crippen molar-refractivity contribution in [3.63, 3.8) is 0 Å². The van der Waals surface area contributed by atoms with Gasteiger partial charge in [0, 0.05) is 0 Å². The van der Waals surface area contributed by atoms with Crippen molar-refractivity contribution in [3.05, 3.63) is 180 Å². The molecule has 0 nitrogen and oxygen atoms in total. The standard InChI is InChI=1S/C40H32/c1-29-13-15-32(16-14-29)33-17-19-34(20-18-33)35-21-23-36(24-22-35)37-25-27-39(28-26-37)40(38-11-7-4-8-12-38)30(2)31-9-5-3-6-10-31/h3-28H,1-2H3. The Kier molecular flexibility index (Phi) is 7.24. The molecule has 0 saturated heterocycles. The summed E-state index contributed by atoms with van der Waals surface area (Å²) in [7, 11) is 0. The monoisotopic (exact) mass is 512 g/mol. The molecule has 0 heterocycles. The van der Waals surface area contributed by atoms with E-state index >= 15 is 0 Å². The van der Waals surface area contributed by atoms with Crippen molar-refractivity contribution >= 4 is 11.1 Å². The van der Waals surface area contributed by atoms with Crippen molar-refractivity contribution < 1.29 is 0 Å². The second-order valence-corrected chi connectivity index (χ2v) is 10.3. The minimum atomic E-state index is 1.22. The zero-order chi connectivity index (χ0) is 27.3. The van der Waals surface area contributed by atoms with Gasteiger partial charge in [-0.3, -0.25) is 0 Å². The van der Waals surface area contributed by atoms with Crippen molar-refractivity contribution in [2.24, 2.45) is 0 Å². The van der Waals surface area contributed by atoms with E-state index in [0.717, 1.165) is 0 Å². The van der Waals surface area contributed by atoms with Crippen molar-refractivity contribution in [3.8, 4) is 33.4 Å². The quantitative estimate of drug-likeness (QED) is 0.195. The molecule has 0 aliphatic carbocycles. The van der Waals surface area contributed by atoms with Crippen molar-refractivity contribution in [1.29, 1.82) is 0 Å². The van der Waals surface area contributed by atoms with Crippen LogP contribution < -0.4 is 0 Å². The molecule has 0 saturated carbocycles. The first-order valence-corrected chi connectivity index (χ1v) is 13.9. The van der Waals surface area contributed by atoms with E-state index in [1.165, 1.54) is 66.8 Å². The highest BCUT2D eigenvalue weighted by Gasteiger charge is 2.11. The van der Waals surface area contributed by atoms with Crippen molar-refractivity contribution in [2.75, 3.05) is 0 Å². The van der Waals surface area contributed by atoms with Gasteiger partial charge in [0.15, 0.2) is 0 Å². The number of hydrogen-bond acceptors (Lipinski definition) is 0. The Morgan fingerprint density at radius 3 is 1.02 bits per heavy atom. The number of allylic oxidation sites excluding steroid dienone is 1. The Balaban J connectivity index is 1.26. The van der Waals surface area contributed by atoms with Crippen LogP contribution in [0.25, 0.3) is 44.5 Å². The maximum atomic E-state index is 2.25. The summed E-state index contributed by atoms with van der Waals surface area (Å²) in [5, 5.41) is 0. The van der Waals surface area contributed by atoms with Gasteiger partial charge in [0.25, 0.3) is 0 Å². The summed E-state index contributed by atoms with van der Waals surface area (Å²) in [5.74, 6) is 0. The van der Waals surface area contributed by atoms with Crippen LogP contribution in [0.5, 0.6) is 0 Å². The lowest BCUT2D eigenvalue weighted by atomic mass is 9.89. The molecule has 6 aromatic rings. The lowest BCUT2D eigenvalue weighted by molar-refractivity contribution is 1.47. The fourth-order valence-corrected chi connectivity index (χ4v) is 5.32. The highest BCUT2D eigenvalue weighted by molar-refractivity contribution is 5.98. The summed E-state index contributed by atoms with van der Waals surface area (Å²) < 4.78 is 0. The maximum absolute atomic E-state index is 2.25. The summed E-state index contributed by atoms with van der Waals surface area (Å²) in [5.41, 5.74) is 14.9. The predicted molar refractivity (Wildman–Crippen MR) is 172 cm³/mol. The predicted octanol–water partition coefficient (Wildman–Crippen LogP) is 11.0. The molecule has 0 N–H and O–H groups in total. The molecule has 0 bridgehead atoms. The first kappa shape index (κ1) is 25.3. The Morgan fingerprint density at radius 1 is 0.325 bits per heavy atom. The van der Waals surface area contributed by atoms with Crippen LogP contribution in [-0.2, 0) is 0 Å². The van der Waals surface area contributed by atoms with E-state index in [4.69, 9.17) is 0 Å². The second kappa shape index (κ2) is 11.4. The second-order valence-electron chi connectivity index (χ2n) is 10.3. The molecule has 0 spiro atoms. The third-order valence-corrected chi connectivity index (χ3v) is 7.64. The van der Waals surface area contributed by atoms with E-state index in [2.05, 4.69) is 172 Å². The van der Waals surface area contributed by atoms with Crippen molar-refractivity contribution in [1.82, 2.24) is 0 Å². The molecule has 0 amide bonds. The molecule has 0 atom stereocenters. The molecule has 0 heteroatoms. The molecule has 6 aromatic carbocycles. The summed E-state index contributed by atoms with van der Waals surface area (Å²) in [6.07, 6.45) is 0. The molecule has 0 radical (unpaired) electrons. The van der Waals surface area contributed by atoms with Crippen molar-refractivity contribution in [2.45, 2.75) is 13.8 Å². The SMILES string of the molecule is CC(=C(c1ccccc1)c1ccc(-c2ccc(-c3ccc(-c4ccc(C)cc4)cc3)cc2)cc1)c1ccccc1. The topological polar surface area (TPSA) is 0 Å². The fourth-order valence-electron chi connectivity index (χ4n) is 5.32. The molecule has 0 unspecified atom stereocenters. The molecular weight excluding hydrogens is 480 g/mol. The lowest BCUT2D eigenvalue weighted by Crippen LogP contribution is -1.93. The van der Waals surface area contributed by atoms with E-state index < -0.39 is 0 Å². The smallest absolute Gasteiger partial charge is 0.00762 e. The Bertz CT molecular complexity index is 1720. The normalized spacial score (nSPS) is 11.7. The first-order valence-electron chi connectivity index (χ1n) is 13.9. The van der Waals surface area contributed by atoms with E-state index in [1.54, 1.807) is 0 Å². The lowest BCUT2D eigenvalue weighted by Gasteiger charge is -2.15. The van der Waals surface area contributed by atoms with Crippen LogP contribution in [0.1, 0.15) is 29.2 Å². The average Bonchev–Trinajstić information content (AvgIpc) is 3.03. The van der Waals surface area contributed by atoms with Gasteiger partial charge in [0.1, 0.15) is 0 Å². The molecule has 0 aromatic heterocycles. The van der Waals surface area contributed by atoms with E-state index in [-0.39, 0.29) is 0 Å². The zero-order valence-electron chi connectivity index (χ0n) is 23.0. The third kappa shape index (κ3) is 5.44. The van der Waals surface area contributed by atoms with Crippen LogP contribution in [-0.4, -0.2) is 0 Å². The molecule has 0 fully saturated rings. The van der Waals surface area contributed by atoms with Gasteiger partial charge < -0.3 is 0 Å². The summed E-state index contributed by atoms with van der Waals surface area (Å²) in [6, 6.07) is 56.8. The van der Waals surface area contributed by atoms with E-state index in [9.17, 15) is 0 Å². The minimum Gasteiger partial charge on any atom is -0.0622 e. The molecule has 0 aliphatic rings. The molecule has 0 aliphatic heterocycles. The zero-order valence-corrected chi connectivity index (χ0v) is 23.0. The van der Waals surface area contributed by atoms with E-state index in [0.29, 0.717) is 0 Å². The fraction of sp³-hybridized carbons (Fsp3) is 0.0500. The van der Waals surface area contributed by atoms with Gasteiger partial charge >= 0.3 is 0 Å². The molecule has 40 heavy (non-hydrogen) atoms. The van der Waals surface area contributed by atoms with Crippen LogP contribution in [0.15, 0.2) is 158 Å². The van der Waals surface area contributed by atoms with Crippen LogP contribution in [0, 0.1) is 6.92 Å².